The van der Waals surface area contributed by atoms with E-state index < -0.39 is 0 Å². The molecule has 1 unspecified atom stereocenters. The van der Waals surface area contributed by atoms with Crippen molar-refractivity contribution in [3.63, 3.8) is 0 Å². The summed E-state index contributed by atoms with van der Waals surface area (Å²) in [4.78, 5) is 5.59. The molecule has 2 N–H and O–H groups in total. The van der Waals surface area contributed by atoms with Crippen LogP contribution < -0.4 is 5.73 Å². The Labute approximate surface area is 110 Å². The predicted molar refractivity (Wildman–Crippen MR) is 74.9 cm³/mol. The van der Waals surface area contributed by atoms with Crippen molar-refractivity contribution in [2.75, 3.05) is 0 Å². The first-order chi connectivity index (χ1) is 8.72. The van der Waals surface area contributed by atoms with E-state index in [4.69, 9.17) is 5.73 Å². The van der Waals surface area contributed by atoms with Crippen LogP contribution in [0.1, 0.15) is 22.9 Å². The van der Waals surface area contributed by atoms with Gasteiger partial charge in [-0.15, -0.1) is 11.3 Å². The molecule has 0 saturated heterocycles. The molecule has 2 aromatic heterocycles. The highest BCUT2D eigenvalue weighted by molar-refractivity contribution is 7.15. The number of hydrogen-bond acceptors (Lipinski definition) is 3. The maximum atomic E-state index is 6.24. The monoisotopic (exact) mass is 257 g/mol. The average Bonchev–Trinajstić information content (AvgIpc) is 2.89. The van der Waals surface area contributed by atoms with E-state index in [1.165, 1.54) is 11.1 Å². The number of nitrogens with zero attached hydrogens (tertiary/aromatic N) is 2. The van der Waals surface area contributed by atoms with Crippen LogP contribution in [-0.2, 0) is 6.42 Å². The maximum absolute atomic E-state index is 6.24. The highest BCUT2D eigenvalue weighted by Gasteiger charge is 2.10. The van der Waals surface area contributed by atoms with Crippen LogP contribution in [0.25, 0.3) is 4.96 Å². The molecule has 92 valence electrons. The molecule has 2 heterocycles. The third-order valence-corrected chi connectivity index (χ3v) is 3.81. The quantitative estimate of drug-likeness (QED) is 0.784. The fraction of sp³-hybridized carbons (Fsp3) is 0.214. The largest absolute Gasteiger partial charge is 0.324 e. The Morgan fingerprint density at radius 3 is 3.11 bits per heavy atom. The van der Waals surface area contributed by atoms with Crippen LogP contribution in [0.15, 0.2) is 42.0 Å². The van der Waals surface area contributed by atoms with E-state index >= 15 is 0 Å². The van der Waals surface area contributed by atoms with Crippen molar-refractivity contribution in [2.24, 2.45) is 5.73 Å². The Bertz CT molecular complexity index is 640. The third kappa shape index (κ3) is 2.17. The number of nitrogens with two attached hydrogens (primary N) is 1. The zero-order valence-electron chi connectivity index (χ0n) is 10.2. The normalized spacial score (nSPS) is 13.0. The molecule has 0 radical (unpaired) electrons. The lowest BCUT2D eigenvalue weighted by Crippen LogP contribution is -2.13. The summed E-state index contributed by atoms with van der Waals surface area (Å²) < 4.78 is 2.04. The van der Waals surface area contributed by atoms with Crippen molar-refractivity contribution >= 4 is 16.3 Å². The minimum atomic E-state index is 0.00880. The van der Waals surface area contributed by atoms with Crippen molar-refractivity contribution < 1.29 is 0 Å². The van der Waals surface area contributed by atoms with Gasteiger partial charge in [-0.1, -0.05) is 29.8 Å². The van der Waals surface area contributed by atoms with Crippen LogP contribution in [0.3, 0.4) is 0 Å². The number of thiazole rings is 1. The number of aromatic nitrogens is 2. The van der Waals surface area contributed by atoms with Crippen LogP contribution >= 0.6 is 11.3 Å². The van der Waals surface area contributed by atoms with E-state index in [1.54, 1.807) is 11.3 Å². The van der Waals surface area contributed by atoms with Crippen molar-refractivity contribution in [2.45, 2.75) is 19.4 Å². The maximum Gasteiger partial charge on any atom is 0.193 e. The summed E-state index contributed by atoms with van der Waals surface area (Å²) in [7, 11) is 0. The van der Waals surface area contributed by atoms with E-state index in [9.17, 15) is 0 Å². The van der Waals surface area contributed by atoms with Gasteiger partial charge in [0, 0.05) is 30.2 Å². The summed E-state index contributed by atoms with van der Waals surface area (Å²) in [6.45, 7) is 2.09. The lowest BCUT2D eigenvalue weighted by Gasteiger charge is -2.10. The minimum absolute atomic E-state index is 0.00880. The first-order valence-corrected chi connectivity index (χ1v) is 6.83. The molecule has 0 spiro atoms. The molecule has 3 nitrogen and oxygen atoms in total. The SMILES string of the molecule is Cc1cccc(C(N)Cc2cn3ccsc3n2)c1. The van der Waals surface area contributed by atoms with E-state index in [0.29, 0.717) is 0 Å². The van der Waals surface area contributed by atoms with Gasteiger partial charge in [0.05, 0.1) is 5.69 Å². The molecule has 1 atom stereocenters. The van der Waals surface area contributed by atoms with Crippen LogP contribution in [-0.4, -0.2) is 9.38 Å². The zero-order chi connectivity index (χ0) is 12.5. The lowest BCUT2D eigenvalue weighted by atomic mass is 10.0. The van der Waals surface area contributed by atoms with Gasteiger partial charge in [0.25, 0.3) is 0 Å². The van der Waals surface area contributed by atoms with Crippen LogP contribution in [0.2, 0.25) is 0 Å². The fourth-order valence-corrected chi connectivity index (χ4v) is 2.84. The number of rotatable bonds is 3. The molecule has 0 saturated carbocycles. The number of fused-ring (bicyclic) bond motifs is 1. The van der Waals surface area contributed by atoms with E-state index in [2.05, 4.69) is 42.4 Å². The Morgan fingerprint density at radius 1 is 1.44 bits per heavy atom. The van der Waals surface area contributed by atoms with Crippen molar-refractivity contribution in [1.29, 1.82) is 0 Å². The Balaban J connectivity index is 1.81. The van der Waals surface area contributed by atoms with Gasteiger partial charge in [-0.25, -0.2) is 4.98 Å². The molecular formula is C14H15N3S. The molecule has 0 bridgehead atoms. The summed E-state index contributed by atoms with van der Waals surface area (Å²) in [5, 5.41) is 2.03. The van der Waals surface area contributed by atoms with E-state index in [1.807, 2.05) is 16.0 Å². The first kappa shape index (κ1) is 11.4. The van der Waals surface area contributed by atoms with Gasteiger partial charge in [-0.2, -0.15) is 0 Å². The Hall–Kier alpha value is -1.65. The zero-order valence-corrected chi connectivity index (χ0v) is 11.0. The average molecular weight is 257 g/mol. The van der Waals surface area contributed by atoms with Crippen LogP contribution in [0.4, 0.5) is 0 Å². The van der Waals surface area contributed by atoms with Gasteiger partial charge in [-0.05, 0) is 12.5 Å². The number of hydrogen-bond donors (Lipinski definition) is 1. The third-order valence-electron chi connectivity index (χ3n) is 3.04. The Morgan fingerprint density at radius 2 is 2.33 bits per heavy atom. The second kappa shape index (κ2) is 4.55. The molecule has 3 aromatic rings. The number of imidazole rings is 1. The smallest absolute Gasteiger partial charge is 0.193 e. The minimum Gasteiger partial charge on any atom is -0.324 e. The summed E-state index contributed by atoms with van der Waals surface area (Å²) in [5.74, 6) is 0. The molecule has 0 aliphatic rings. The highest BCUT2D eigenvalue weighted by Crippen LogP contribution is 2.18. The summed E-state index contributed by atoms with van der Waals surface area (Å²) in [6, 6.07) is 8.37. The topological polar surface area (TPSA) is 43.3 Å². The van der Waals surface area contributed by atoms with Gasteiger partial charge < -0.3 is 5.73 Å². The van der Waals surface area contributed by atoms with E-state index in [-0.39, 0.29) is 6.04 Å². The summed E-state index contributed by atoms with van der Waals surface area (Å²) >= 11 is 1.64. The van der Waals surface area contributed by atoms with Gasteiger partial charge in [0.1, 0.15) is 0 Å². The summed E-state index contributed by atoms with van der Waals surface area (Å²) in [5.41, 5.74) is 9.71. The standard InChI is InChI=1S/C14H15N3S/c1-10-3-2-4-11(7-10)13(15)8-12-9-17-5-6-18-14(17)16-12/h2-7,9,13H,8,15H2,1H3. The molecule has 0 aliphatic carbocycles. The van der Waals surface area contributed by atoms with Crippen molar-refractivity contribution in [3.05, 3.63) is 58.9 Å². The van der Waals surface area contributed by atoms with Gasteiger partial charge in [0.2, 0.25) is 0 Å². The number of benzene rings is 1. The Kier molecular flexibility index (Phi) is 2.89. The van der Waals surface area contributed by atoms with Crippen LogP contribution in [0.5, 0.6) is 0 Å². The lowest BCUT2D eigenvalue weighted by molar-refractivity contribution is 0.709. The van der Waals surface area contributed by atoms with Gasteiger partial charge in [0.15, 0.2) is 4.96 Å². The molecule has 0 fully saturated rings. The second-order valence-corrected chi connectivity index (χ2v) is 5.42. The molecule has 0 amide bonds. The predicted octanol–water partition coefficient (Wildman–Crippen LogP) is 2.95. The van der Waals surface area contributed by atoms with Gasteiger partial charge >= 0.3 is 0 Å². The number of aryl methyl sites for hydroxylation is 1. The molecule has 0 aliphatic heterocycles. The van der Waals surface area contributed by atoms with Gasteiger partial charge in [-0.3, -0.25) is 4.40 Å². The van der Waals surface area contributed by atoms with Crippen LogP contribution in [0, 0.1) is 6.92 Å². The van der Waals surface area contributed by atoms with E-state index in [0.717, 1.165) is 17.1 Å². The second-order valence-electron chi connectivity index (χ2n) is 4.55. The molecule has 18 heavy (non-hydrogen) atoms. The molecule has 1 aromatic carbocycles. The first-order valence-electron chi connectivity index (χ1n) is 5.95. The summed E-state index contributed by atoms with van der Waals surface area (Å²) in [6.07, 6.45) is 4.86. The van der Waals surface area contributed by atoms with Crippen molar-refractivity contribution in [3.8, 4) is 0 Å². The molecule has 4 heteroatoms. The molecular weight excluding hydrogens is 242 g/mol. The van der Waals surface area contributed by atoms with Crippen molar-refractivity contribution in [1.82, 2.24) is 9.38 Å². The fourth-order valence-electron chi connectivity index (χ4n) is 2.12. The molecule has 3 rings (SSSR count). The highest BCUT2D eigenvalue weighted by atomic mass is 32.1.